The normalized spacial score (nSPS) is 12.8. The van der Waals surface area contributed by atoms with Gasteiger partial charge in [0.15, 0.2) is 23.0 Å². The van der Waals surface area contributed by atoms with Crippen molar-refractivity contribution < 1.29 is 33.6 Å². The van der Waals surface area contributed by atoms with E-state index in [0.717, 1.165) is 5.56 Å². The van der Waals surface area contributed by atoms with Crippen LogP contribution in [0, 0.1) is 0 Å². The molecule has 0 aliphatic heterocycles. The molecule has 0 spiro atoms. The first-order valence-electron chi connectivity index (χ1n) is 9.09. The number of hydrogen-bond acceptors (Lipinski definition) is 7. The molecular formula is C22H23BrO7. The minimum atomic E-state index is -1.05. The number of methoxy groups -OCH3 is 2. The fourth-order valence-corrected chi connectivity index (χ4v) is 3.27. The van der Waals surface area contributed by atoms with Crippen LogP contribution in [0.4, 0.5) is 0 Å². The maximum absolute atomic E-state index is 12.6. The van der Waals surface area contributed by atoms with Gasteiger partial charge >= 0.3 is 5.97 Å². The third-order valence-electron chi connectivity index (χ3n) is 4.12. The molecule has 0 aromatic heterocycles. The highest BCUT2D eigenvalue weighted by Crippen LogP contribution is 2.38. The van der Waals surface area contributed by atoms with Gasteiger partial charge in [0.25, 0.3) is 0 Å². The topological polar surface area (TPSA) is 91.3 Å². The molecular weight excluding hydrogens is 456 g/mol. The maximum atomic E-state index is 12.6. The molecule has 0 radical (unpaired) electrons. The number of aromatic hydroxyl groups is 1. The molecule has 0 aliphatic carbocycles. The summed E-state index contributed by atoms with van der Waals surface area (Å²) in [5.74, 6) is 0.395. The monoisotopic (exact) mass is 478 g/mol. The average Bonchev–Trinajstić information content (AvgIpc) is 2.76. The van der Waals surface area contributed by atoms with Crippen LogP contribution < -0.4 is 14.2 Å². The summed E-state index contributed by atoms with van der Waals surface area (Å²) in [6.45, 7) is 1.89. The third-order valence-corrected chi connectivity index (χ3v) is 5.12. The highest BCUT2D eigenvalue weighted by atomic mass is 79.9. The summed E-state index contributed by atoms with van der Waals surface area (Å²) in [5.41, 5.74) is 1.38. The van der Waals surface area contributed by atoms with Gasteiger partial charge in [-0.25, -0.2) is 4.79 Å². The van der Waals surface area contributed by atoms with Crippen molar-refractivity contribution in [2.75, 3.05) is 20.8 Å². The van der Waals surface area contributed by atoms with E-state index in [4.69, 9.17) is 18.9 Å². The smallest absolute Gasteiger partial charge is 0.348 e. The molecule has 2 atom stereocenters. The highest BCUT2D eigenvalue weighted by Gasteiger charge is 2.32. The van der Waals surface area contributed by atoms with Crippen molar-refractivity contribution in [1.29, 1.82) is 0 Å². The Morgan fingerprint density at radius 1 is 1.10 bits per heavy atom. The zero-order chi connectivity index (χ0) is 22.1. The number of phenolic OH excluding ortho intramolecular Hbond substituents is 1. The minimum absolute atomic E-state index is 0.0183. The Bertz CT molecular complexity index is 910. The summed E-state index contributed by atoms with van der Waals surface area (Å²) in [4.78, 5) is 22.6. The number of halogens is 1. The van der Waals surface area contributed by atoms with Crippen molar-refractivity contribution in [2.45, 2.75) is 17.9 Å². The Labute approximate surface area is 183 Å². The second-order valence-electron chi connectivity index (χ2n) is 6.03. The molecule has 0 heterocycles. The Morgan fingerprint density at radius 2 is 1.83 bits per heavy atom. The number of carbonyl (C=O) groups is 2. The number of carbonyl (C=O) groups excluding carboxylic acids is 2. The first-order chi connectivity index (χ1) is 14.4. The van der Waals surface area contributed by atoms with Gasteiger partial charge in [-0.2, -0.15) is 0 Å². The lowest BCUT2D eigenvalue weighted by Gasteiger charge is -2.24. The molecule has 0 fully saturated rings. The lowest BCUT2D eigenvalue weighted by Crippen LogP contribution is -2.33. The number of allylic oxidation sites excluding steroid dienone is 1. The van der Waals surface area contributed by atoms with Gasteiger partial charge in [-0.15, -0.1) is 0 Å². The zero-order valence-corrected chi connectivity index (χ0v) is 18.4. The number of alkyl halides is 1. The summed E-state index contributed by atoms with van der Waals surface area (Å²) in [5, 5.41) is 9.83. The predicted octanol–water partition coefficient (Wildman–Crippen LogP) is 4.07. The van der Waals surface area contributed by atoms with Crippen LogP contribution in [-0.2, 0) is 14.3 Å². The van der Waals surface area contributed by atoms with E-state index in [1.807, 2.05) is 0 Å². The van der Waals surface area contributed by atoms with E-state index >= 15 is 0 Å². The quantitative estimate of drug-likeness (QED) is 0.238. The van der Waals surface area contributed by atoms with Gasteiger partial charge in [-0.1, -0.05) is 34.1 Å². The molecule has 30 heavy (non-hydrogen) atoms. The SMILES string of the molecule is CCOC(=O)C(Oc1ccc(/C=C/C=O)cc1OC)C(Br)c1ccc(O)c(OC)c1. The average molecular weight is 479 g/mol. The molecule has 0 amide bonds. The van der Waals surface area contributed by atoms with E-state index in [9.17, 15) is 14.7 Å². The molecule has 0 saturated heterocycles. The molecule has 2 aromatic carbocycles. The van der Waals surface area contributed by atoms with Crippen molar-refractivity contribution in [1.82, 2.24) is 0 Å². The number of hydrogen-bond donors (Lipinski definition) is 1. The molecule has 0 aliphatic rings. The van der Waals surface area contributed by atoms with Crippen LogP contribution in [0.3, 0.4) is 0 Å². The third kappa shape index (κ3) is 5.76. The van der Waals surface area contributed by atoms with E-state index in [2.05, 4.69) is 15.9 Å². The Morgan fingerprint density at radius 3 is 2.47 bits per heavy atom. The van der Waals surface area contributed by atoms with Crippen molar-refractivity contribution >= 4 is 34.3 Å². The summed E-state index contributed by atoms with van der Waals surface area (Å²) in [6.07, 6.45) is 2.61. The van der Waals surface area contributed by atoms with Gasteiger partial charge in [0.2, 0.25) is 6.10 Å². The summed E-state index contributed by atoms with van der Waals surface area (Å²) in [6, 6.07) is 9.79. The van der Waals surface area contributed by atoms with Crippen LogP contribution in [0.2, 0.25) is 0 Å². The number of benzene rings is 2. The summed E-state index contributed by atoms with van der Waals surface area (Å²) >= 11 is 3.51. The second-order valence-corrected chi connectivity index (χ2v) is 7.02. The number of rotatable bonds is 10. The summed E-state index contributed by atoms with van der Waals surface area (Å²) < 4.78 is 21.7. The van der Waals surface area contributed by atoms with Crippen molar-refractivity contribution in [3.05, 3.63) is 53.6 Å². The molecule has 0 bridgehead atoms. The fourth-order valence-electron chi connectivity index (χ4n) is 2.66. The van der Waals surface area contributed by atoms with Crippen LogP contribution in [-0.4, -0.2) is 44.3 Å². The van der Waals surface area contributed by atoms with E-state index in [1.165, 1.54) is 26.4 Å². The van der Waals surface area contributed by atoms with Crippen molar-refractivity contribution in [3.8, 4) is 23.0 Å². The van der Waals surface area contributed by atoms with Gasteiger partial charge in [0.1, 0.15) is 6.29 Å². The molecule has 160 valence electrons. The minimum Gasteiger partial charge on any atom is -0.504 e. The lowest BCUT2D eigenvalue weighted by atomic mass is 10.1. The number of esters is 1. The largest absolute Gasteiger partial charge is 0.504 e. The lowest BCUT2D eigenvalue weighted by molar-refractivity contribution is -0.151. The van der Waals surface area contributed by atoms with Gasteiger partial charge in [0.05, 0.1) is 25.7 Å². The number of aldehydes is 1. The van der Waals surface area contributed by atoms with E-state index < -0.39 is 16.9 Å². The van der Waals surface area contributed by atoms with Gasteiger partial charge < -0.3 is 24.1 Å². The zero-order valence-electron chi connectivity index (χ0n) is 16.8. The van der Waals surface area contributed by atoms with Gasteiger partial charge in [-0.05, 0) is 48.4 Å². The molecule has 2 unspecified atom stereocenters. The fraction of sp³-hybridized carbons (Fsp3) is 0.273. The Hall–Kier alpha value is -3.00. The van der Waals surface area contributed by atoms with E-state index in [0.29, 0.717) is 23.3 Å². The highest BCUT2D eigenvalue weighted by molar-refractivity contribution is 9.09. The predicted molar refractivity (Wildman–Crippen MR) is 115 cm³/mol. The number of phenols is 1. The standard InChI is InChI=1S/C22H23BrO7/c1-4-29-22(26)21(20(23)15-8-9-16(25)18(13-15)27-2)30-17-10-7-14(6-5-11-24)12-19(17)28-3/h5-13,20-21,25H,4H2,1-3H3/b6-5+. The van der Waals surface area contributed by atoms with Crippen molar-refractivity contribution in [2.24, 2.45) is 0 Å². The summed E-state index contributed by atoms with van der Waals surface area (Å²) in [7, 11) is 2.91. The van der Waals surface area contributed by atoms with Gasteiger partial charge in [-0.3, -0.25) is 4.79 Å². The van der Waals surface area contributed by atoms with Gasteiger partial charge in [0, 0.05) is 0 Å². The van der Waals surface area contributed by atoms with Crippen LogP contribution >= 0.6 is 15.9 Å². The molecule has 1 N–H and O–H groups in total. The Balaban J connectivity index is 2.39. The van der Waals surface area contributed by atoms with Crippen LogP contribution in [0.15, 0.2) is 42.5 Å². The Kier molecular flexibility index (Phi) is 8.73. The molecule has 2 rings (SSSR count). The molecule has 0 saturated carbocycles. The first kappa shape index (κ1) is 23.3. The molecule has 8 heteroatoms. The van der Waals surface area contributed by atoms with E-state index in [1.54, 1.807) is 43.3 Å². The van der Waals surface area contributed by atoms with Crippen LogP contribution in [0.1, 0.15) is 22.9 Å². The van der Waals surface area contributed by atoms with Crippen molar-refractivity contribution in [3.63, 3.8) is 0 Å². The second kappa shape index (κ2) is 11.3. The first-order valence-corrected chi connectivity index (χ1v) is 10.0. The molecule has 7 nitrogen and oxygen atoms in total. The van der Waals surface area contributed by atoms with E-state index in [-0.39, 0.29) is 18.1 Å². The van der Waals surface area contributed by atoms with Crippen LogP contribution in [0.25, 0.3) is 6.08 Å². The van der Waals surface area contributed by atoms with Crippen LogP contribution in [0.5, 0.6) is 23.0 Å². The molecule has 2 aromatic rings. The number of ether oxygens (including phenoxy) is 4. The maximum Gasteiger partial charge on any atom is 0.348 e.